The summed E-state index contributed by atoms with van der Waals surface area (Å²) in [5.74, 6) is -0.617. The third kappa shape index (κ3) is 2.00. The zero-order valence-corrected chi connectivity index (χ0v) is 8.46. The Balaban J connectivity index is 2.34. The summed E-state index contributed by atoms with van der Waals surface area (Å²) in [5.41, 5.74) is 0.0700. The molecule has 2 aromatic rings. The summed E-state index contributed by atoms with van der Waals surface area (Å²) in [6, 6.07) is 5.49. The van der Waals surface area contributed by atoms with Gasteiger partial charge < -0.3 is 0 Å². The third-order valence-corrected chi connectivity index (χ3v) is 2.77. The van der Waals surface area contributed by atoms with Gasteiger partial charge >= 0.3 is 0 Å². The molecule has 0 unspecified atom stereocenters. The van der Waals surface area contributed by atoms with Crippen LogP contribution < -0.4 is 0 Å². The number of halogens is 1. The van der Waals surface area contributed by atoms with Gasteiger partial charge in [0.05, 0.1) is 5.69 Å². The Kier molecular flexibility index (Phi) is 2.70. The van der Waals surface area contributed by atoms with E-state index in [1.807, 2.05) is 17.5 Å². The number of aromatic nitrogens is 2. The summed E-state index contributed by atoms with van der Waals surface area (Å²) in [4.78, 5) is 8.38. The first-order chi connectivity index (χ1) is 7.31. The number of rotatable bonds is 2. The normalized spacial score (nSPS) is 9.87. The summed E-state index contributed by atoms with van der Waals surface area (Å²) in [6.45, 7) is 0. The van der Waals surface area contributed by atoms with Crippen molar-refractivity contribution in [2.24, 2.45) is 0 Å². The first-order valence-corrected chi connectivity index (χ1v) is 5.11. The molecular weight excluding hydrogens is 213 g/mol. The van der Waals surface area contributed by atoms with E-state index in [1.54, 1.807) is 6.07 Å². The molecule has 0 aliphatic rings. The molecule has 0 aliphatic heterocycles. The topological polar surface area (TPSA) is 49.6 Å². The molecule has 2 rings (SSSR count). The maximum Gasteiger partial charge on any atom is 0.181 e. The largest absolute Gasteiger partial charge is 0.238 e. The van der Waals surface area contributed by atoms with Crippen LogP contribution in [0.1, 0.15) is 16.3 Å². The summed E-state index contributed by atoms with van der Waals surface area (Å²) in [5, 5.41) is 10.5. The molecule has 2 heterocycles. The van der Waals surface area contributed by atoms with Crippen molar-refractivity contribution in [2.45, 2.75) is 6.42 Å². The van der Waals surface area contributed by atoms with Gasteiger partial charge in [0.15, 0.2) is 11.5 Å². The molecule has 0 atom stereocenters. The van der Waals surface area contributed by atoms with E-state index in [2.05, 4.69) is 9.97 Å². The molecule has 2 aromatic heterocycles. The molecule has 0 aliphatic carbocycles. The molecule has 0 bridgehead atoms. The van der Waals surface area contributed by atoms with Crippen LogP contribution in [0.2, 0.25) is 0 Å². The van der Waals surface area contributed by atoms with Gasteiger partial charge in [-0.05, 0) is 11.4 Å². The van der Waals surface area contributed by atoms with Crippen LogP contribution in [0.3, 0.4) is 0 Å². The average Bonchev–Trinajstić information content (AvgIpc) is 2.74. The lowest BCUT2D eigenvalue weighted by Gasteiger charge is -2.00. The number of nitrogens with zero attached hydrogens (tertiary/aromatic N) is 3. The van der Waals surface area contributed by atoms with Crippen molar-refractivity contribution < 1.29 is 4.39 Å². The molecule has 5 heteroatoms. The quantitative estimate of drug-likeness (QED) is 0.777. The predicted molar refractivity (Wildman–Crippen MR) is 53.8 cm³/mol. The summed E-state index contributed by atoms with van der Waals surface area (Å²) in [6.07, 6.45) is 1.62. The second kappa shape index (κ2) is 4.15. The van der Waals surface area contributed by atoms with Gasteiger partial charge in [-0.15, -0.1) is 11.3 Å². The van der Waals surface area contributed by atoms with E-state index in [1.165, 1.54) is 17.7 Å². The fraction of sp³-hybridized carbons (Fsp3) is 0.100. The Labute approximate surface area is 89.9 Å². The van der Waals surface area contributed by atoms with E-state index in [9.17, 15) is 4.39 Å². The van der Waals surface area contributed by atoms with Crippen LogP contribution in [0, 0.1) is 17.1 Å². The molecule has 0 saturated carbocycles. The molecule has 0 aromatic carbocycles. The fourth-order valence-corrected chi connectivity index (χ4v) is 1.89. The maximum absolute atomic E-state index is 13.5. The maximum atomic E-state index is 13.5. The summed E-state index contributed by atoms with van der Waals surface area (Å²) in [7, 11) is 0. The van der Waals surface area contributed by atoms with E-state index in [4.69, 9.17) is 5.26 Å². The van der Waals surface area contributed by atoms with Crippen molar-refractivity contribution >= 4 is 11.3 Å². The van der Waals surface area contributed by atoms with E-state index < -0.39 is 5.82 Å². The lowest BCUT2D eigenvalue weighted by Crippen LogP contribution is -2.00. The molecule has 3 nitrogen and oxygen atoms in total. The van der Waals surface area contributed by atoms with Gasteiger partial charge in [-0.3, -0.25) is 0 Å². The molecule has 0 fully saturated rings. The van der Waals surface area contributed by atoms with Crippen LogP contribution >= 0.6 is 11.3 Å². The second-order valence-electron chi connectivity index (χ2n) is 2.85. The van der Waals surface area contributed by atoms with Crippen LogP contribution in [0.15, 0.2) is 23.8 Å². The second-order valence-corrected chi connectivity index (χ2v) is 3.88. The average molecular weight is 219 g/mol. The van der Waals surface area contributed by atoms with Gasteiger partial charge in [0.2, 0.25) is 0 Å². The highest BCUT2D eigenvalue weighted by Gasteiger charge is 2.11. The first kappa shape index (κ1) is 9.74. The Morgan fingerprint density at radius 3 is 3.00 bits per heavy atom. The highest BCUT2D eigenvalue weighted by molar-refractivity contribution is 7.09. The molecule has 0 spiro atoms. The van der Waals surface area contributed by atoms with Gasteiger partial charge in [0.25, 0.3) is 0 Å². The molecule has 0 N–H and O–H groups in total. The van der Waals surface area contributed by atoms with Gasteiger partial charge in [0.1, 0.15) is 12.4 Å². The highest BCUT2D eigenvalue weighted by Crippen LogP contribution is 2.16. The lowest BCUT2D eigenvalue weighted by molar-refractivity contribution is 0.591. The minimum atomic E-state index is -0.617. The number of nitriles is 1. The Bertz CT molecular complexity index is 502. The van der Waals surface area contributed by atoms with Crippen molar-refractivity contribution in [1.82, 2.24) is 9.97 Å². The summed E-state index contributed by atoms with van der Waals surface area (Å²) < 4.78 is 13.5. The van der Waals surface area contributed by atoms with Crippen molar-refractivity contribution in [3.63, 3.8) is 0 Å². The number of thiophene rings is 1. The molecule has 0 radical (unpaired) electrons. The number of hydrogen-bond donors (Lipinski definition) is 0. The minimum absolute atomic E-state index is 0.198. The van der Waals surface area contributed by atoms with Crippen molar-refractivity contribution in [1.29, 1.82) is 5.26 Å². The summed E-state index contributed by atoms with van der Waals surface area (Å²) >= 11 is 1.53. The van der Waals surface area contributed by atoms with Gasteiger partial charge in [-0.2, -0.15) is 5.26 Å². The number of hydrogen-bond acceptors (Lipinski definition) is 4. The molecule has 15 heavy (non-hydrogen) atoms. The standard InChI is InChI=1S/C10H6FN3S/c11-10-8(4-7-2-1-3-15-7)13-6-14-9(10)5-12/h1-3,6H,4H2. The van der Waals surface area contributed by atoms with Gasteiger partial charge in [-0.25, -0.2) is 14.4 Å². The highest BCUT2D eigenvalue weighted by atomic mass is 32.1. The van der Waals surface area contributed by atoms with Crippen LogP contribution in [-0.2, 0) is 6.42 Å². The zero-order chi connectivity index (χ0) is 10.7. The van der Waals surface area contributed by atoms with Gasteiger partial charge in [-0.1, -0.05) is 6.07 Å². The van der Waals surface area contributed by atoms with Crippen LogP contribution in [0.4, 0.5) is 4.39 Å². The van der Waals surface area contributed by atoms with E-state index in [0.29, 0.717) is 6.42 Å². The van der Waals surface area contributed by atoms with Crippen LogP contribution in [0.5, 0.6) is 0 Å². The molecule has 0 amide bonds. The van der Waals surface area contributed by atoms with Crippen LogP contribution in [0.25, 0.3) is 0 Å². The van der Waals surface area contributed by atoms with E-state index in [-0.39, 0.29) is 11.4 Å². The van der Waals surface area contributed by atoms with E-state index in [0.717, 1.165) is 4.88 Å². The first-order valence-electron chi connectivity index (χ1n) is 4.23. The van der Waals surface area contributed by atoms with Gasteiger partial charge in [0, 0.05) is 11.3 Å². The molecular formula is C10H6FN3S. The third-order valence-electron chi connectivity index (χ3n) is 1.89. The Hall–Kier alpha value is -1.80. The Morgan fingerprint density at radius 2 is 2.33 bits per heavy atom. The minimum Gasteiger partial charge on any atom is -0.238 e. The predicted octanol–water partition coefficient (Wildman–Crippen LogP) is 2.14. The zero-order valence-electron chi connectivity index (χ0n) is 7.64. The fourth-order valence-electron chi connectivity index (χ4n) is 1.19. The van der Waals surface area contributed by atoms with Crippen molar-refractivity contribution in [2.75, 3.05) is 0 Å². The monoisotopic (exact) mass is 219 g/mol. The van der Waals surface area contributed by atoms with Crippen molar-refractivity contribution in [3.8, 4) is 6.07 Å². The lowest BCUT2D eigenvalue weighted by atomic mass is 10.2. The van der Waals surface area contributed by atoms with Crippen LogP contribution in [-0.4, -0.2) is 9.97 Å². The van der Waals surface area contributed by atoms with Crippen molar-refractivity contribution in [3.05, 3.63) is 45.9 Å². The molecule has 74 valence electrons. The van der Waals surface area contributed by atoms with E-state index >= 15 is 0 Å². The Morgan fingerprint density at radius 1 is 1.47 bits per heavy atom. The smallest absolute Gasteiger partial charge is 0.181 e. The SMILES string of the molecule is N#Cc1ncnc(Cc2cccs2)c1F. The molecule has 0 saturated heterocycles.